The Bertz CT molecular complexity index is 1890. The summed E-state index contributed by atoms with van der Waals surface area (Å²) in [5.74, 6) is 3.03. The molecule has 0 spiro atoms. The zero-order chi connectivity index (χ0) is 30.2. The number of piperazine rings is 1. The van der Waals surface area contributed by atoms with Crippen LogP contribution in [-0.4, -0.2) is 93.0 Å². The van der Waals surface area contributed by atoms with E-state index in [1.807, 2.05) is 71.0 Å². The molecular formula is C31H30ClN9O3. The van der Waals surface area contributed by atoms with Gasteiger partial charge in [0.15, 0.2) is 17.4 Å². The summed E-state index contributed by atoms with van der Waals surface area (Å²) in [4.78, 5) is 37.2. The topological polar surface area (TPSA) is 113 Å². The maximum atomic E-state index is 12.9. The number of halogens is 1. The van der Waals surface area contributed by atoms with Crippen molar-refractivity contribution in [3.8, 4) is 17.2 Å². The summed E-state index contributed by atoms with van der Waals surface area (Å²) in [5.41, 5.74) is 2.73. The summed E-state index contributed by atoms with van der Waals surface area (Å²) in [5, 5.41) is 3.77. The van der Waals surface area contributed by atoms with Gasteiger partial charge in [0, 0.05) is 68.7 Å². The van der Waals surface area contributed by atoms with Crippen LogP contribution in [0.3, 0.4) is 0 Å². The van der Waals surface area contributed by atoms with Crippen molar-refractivity contribution in [1.82, 2.24) is 34.1 Å². The van der Waals surface area contributed by atoms with Crippen LogP contribution in [0.2, 0.25) is 5.02 Å². The van der Waals surface area contributed by atoms with Crippen molar-refractivity contribution in [1.29, 1.82) is 0 Å². The van der Waals surface area contributed by atoms with E-state index in [2.05, 4.69) is 25.2 Å². The van der Waals surface area contributed by atoms with E-state index in [9.17, 15) is 4.79 Å². The van der Waals surface area contributed by atoms with E-state index in [0.717, 1.165) is 5.65 Å². The number of benzene rings is 1. The summed E-state index contributed by atoms with van der Waals surface area (Å²) in [6.07, 6.45) is 10.5. The number of carbonyl (C=O) groups excluding carboxylic acids is 1. The van der Waals surface area contributed by atoms with Crippen molar-refractivity contribution < 1.29 is 14.3 Å². The average molecular weight is 612 g/mol. The van der Waals surface area contributed by atoms with Gasteiger partial charge in [0.1, 0.15) is 35.6 Å². The number of hydrogen-bond donors (Lipinski definition) is 1. The molecule has 2 bridgehead atoms. The van der Waals surface area contributed by atoms with Crippen LogP contribution in [0, 0.1) is 0 Å². The first-order valence-electron chi connectivity index (χ1n) is 14.2. The second-order valence-electron chi connectivity index (χ2n) is 10.9. The smallest absolute Gasteiger partial charge is 0.246 e. The van der Waals surface area contributed by atoms with Crippen LogP contribution in [0.5, 0.6) is 17.2 Å². The normalized spacial score (nSPS) is 16.3. The third-order valence-electron chi connectivity index (χ3n) is 7.58. The van der Waals surface area contributed by atoms with E-state index in [4.69, 9.17) is 26.1 Å². The van der Waals surface area contributed by atoms with E-state index in [1.54, 1.807) is 24.4 Å². The molecule has 0 saturated carbocycles. The monoisotopic (exact) mass is 611 g/mol. The molecule has 0 unspecified atom stereocenters. The lowest BCUT2D eigenvalue weighted by Crippen LogP contribution is -2.56. The number of nitrogens with one attached hydrogen (secondary N) is 1. The number of hydrogen-bond acceptors (Lipinski definition) is 10. The van der Waals surface area contributed by atoms with E-state index >= 15 is 0 Å². The fraction of sp³-hybridized carbons (Fsp3) is 0.258. The minimum absolute atomic E-state index is 0.00398. The molecule has 1 amide bonds. The predicted molar refractivity (Wildman–Crippen MR) is 168 cm³/mol. The number of ether oxygens (including phenoxy) is 2. The molecule has 224 valence electrons. The van der Waals surface area contributed by atoms with Crippen molar-refractivity contribution in [2.45, 2.75) is 6.04 Å². The van der Waals surface area contributed by atoms with Gasteiger partial charge in [0.05, 0.1) is 16.6 Å². The molecule has 1 saturated heterocycles. The number of aromatic nitrogens is 5. The van der Waals surface area contributed by atoms with Crippen LogP contribution in [0.25, 0.3) is 16.7 Å². The van der Waals surface area contributed by atoms with Crippen LogP contribution >= 0.6 is 11.6 Å². The van der Waals surface area contributed by atoms with Crippen LogP contribution in [0.15, 0.2) is 73.5 Å². The number of anilines is 3. The Morgan fingerprint density at radius 1 is 1.16 bits per heavy atom. The third-order valence-corrected chi connectivity index (χ3v) is 7.87. The number of pyridine rings is 2. The summed E-state index contributed by atoms with van der Waals surface area (Å²) in [6.45, 7) is 2.93. The van der Waals surface area contributed by atoms with Gasteiger partial charge in [0.2, 0.25) is 5.91 Å². The molecule has 1 atom stereocenters. The van der Waals surface area contributed by atoms with E-state index < -0.39 is 0 Å². The second-order valence-corrected chi connectivity index (χ2v) is 11.3. The fourth-order valence-electron chi connectivity index (χ4n) is 5.39. The molecule has 2 aliphatic rings. The predicted octanol–water partition coefficient (Wildman–Crippen LogP) is 4.39. The lowest BCUT2D eigenvalue weighted by Gasteiger charge is -2.39. The number of likely N-dealkylation sites (N-methyl/N-ethyl adjacent to an activating group) is 1. The molecule has 0 radical (unpaired) electrons. The lowest BCUT2D eigenvalue weighted by atomic mass is 10.1. The van der Waals surface area contributed by atoms with Crippen molar-refractivity contribution in [2.75, 3.05) is 57.1 Å². The van der Waals surface area contributed by atoms with Crippen LogP contribution in [-0.2, 0) is 4.79 Å². The number of rotatable bonds is 7. The molecule has 13 heteroatoms. The number of nitrogens with zero attached hydrogens (tertiary/aromatic N) is 8. The maximum Gasteiger partial charge on any atom is 0.246 e. The molecular weight excluding hydrogens is 582 g/mol. The first kappa shape index (κ1) is 27.9. The Morgan fingerprint density at radius 3 is 2.93 bits per heavy atom. The van der Waals surface area contributed by atoms with E-state index in [0.29, 0.717) is 83.4 Å². The summed E-state index contributed by atoms with van der Waals surface area (Å²) >= 11 is 6.62. The van der Waals surface area contributed by atoms with Crippen LogP contribution in [0.1, 0.15) is 0 Å². The lowest BCUT2D eigenvalue weighted by molar-refractivity contribution is -0.129. The molecule has 5 aromatic rings. The Morgan fingerprint density at radius 2 is 2.07 bits per heavy atom. The van der Waals surface area contributed by atoms with Gasteiger partial charge in [-0.15, -0.1) is 0 Å². The van der Waals surface area contributed by atoms with Gasteiger partial charge in [-0.25, -0.2) is 19.9 Å². The van der Waals surface area contributed by atoms with Gasteiger partial charge in [-0.05, 0) is 38.4 Å². The van der Waals surface area contributed by atoms with Crippen LogP contribution < -0.4 is 19.7 Å². The number of imidazole rings is 1. The molecule has 2 aliphatic heterocycles. The number of fused-ring (bicyclic) bond motifs is 6. The molecule has 1 N–H and O–H groups in total. The van der Waals surface area contributed by atoms with Crippen LogP contribution in [0.4, 0.5) is 17.3 Å². The van der Waals surface area contributed by atoms with Crippen molar-refractivity contribution >= 4 is 51.5 Å². The highest BCUT2D eigenvalue weighted by molar-refractivity contribution is 6.32. The van der Waals surface area contributed by atoms with Gasteiger partial charge in [-0.3, -0.25) is 4.79 Å². The molecule has 1 aromatic carbocycles. The Hall–Kier alpha value is -4.94. The fourth-order valence-corrected chi connectivity index (χ4v) is 5.61. The quantitative estimate of drug-likeness (QED) is 0.266. The number of amides is 1. The standard InChI is InChI=1S/C31H30ClN9O3/c1-38(2)9-3-4-28(42)41-13-12-40-17-21(41)18-43-26-16-24-29(37-31(26)40)30(35-19-34-24)36-20-5-6-25(23(32)14-20)44-22-7-10-39-11-8-33-27(39)15-22/h3-8,10-11,14-16,19,21H,9,12-13,17-18H2,1-2H3,(H,34,35,36)/b4-3+/t21-/m0/s1. The first-order valence-corrected chi connectivity index (χ1v) is 14.6. The molecule has 44 heavy (non-hydrogen) atoms. The Labute approximate surface area is 258 Å². The van der Waals surface area contributed by atoms with Gasteiger partial charge in [-0.1, -0.05) is 17.7 Å². The highest BCUT2D eigenvalue weighted by Gasteiger charge is 2.35. The van der Waals surface area contributed by atoms with Crippen molar-refractivity contribution in [3.63, 3.8) is 0 Å². The Balaban J connectivity index is 1.10. The molecule has 12 nitrogen and oxygen atoms in total. The molecule has 0 aliphatic carbocycles. The average Bonchev–Trinajstić information content (AvgIpc) is 3.44. The molecule has 7 rings (SSSR count). The van der Waals surface area contributed by atoms with Gasteiger partial charge in [0.25, 0.3) is 0 Å². The van der Waals surface area contributed by atoms with E-state index in [-0.39, 0.29) is 11.9 Å². The number of carbonyl (C=O) groups is 1. The Kier molecular flexibility index (Phi) is 7.36. The zero-order valence-electron chi connectivity index (χ0n) is 24.2. The maximum absolute atomic E-state index is 12.9. The minimum atomic E-state index is -0.0919. The minimum Gasteiger partial charge on any atom is -0.487 e. The molecule has 6 heterocycles. The largest absolute Gasteiger partial charge is 0.487 e. The SMILES string of the molecule is CN(C)C/C=C/C(=O)N1CCN2C[C@H]1COc1cc3ncnc(Nc4ccc(Oc5ccn6ccnc6c5)c(Cl)c4)c3nc12. The summed E-state index contributed by atoms with van der Waals surface area (Å²) < 4.78 is 14.1. The molecule has 4 aromatic heterocycles. The van der Waals surface area contributed by atoms with Gasteiger partial charge < -0.3 is 33.9 Å². The molecule has 1 fully saturated rings. The highest BCUT2D eigenvalue weighted by Crippen LogP contribution is 2.37. The summed E-state index contributed by atoms with van der Waals surface area (Å²) in [7, 11) is 3.94. The second kappa shape index (κ2) is 11.6. The summed E-state index contributed by atoms with van der Waals surface area (Å²) in [6, 6.07) is 10.9. The van der Waals surface area contributed by atoms with E-state index in [1.165, 1.54) is 6.33 Å². The zero-order valence-corrected chi connectivity index (χ0v) is 25.0. The van der Waals surface area contributed by atoms with Gasteiger partial charge >= 0.3 is 0 Å². The van der Waals surface area contributed by atoms with Crippen molar-refractivity contribution in [2.24, 2.45) is 0 Å². The third kappa shape index (κ3) is 5.56. The van der Waals surface area contributed by atoms with Gasteiger partial charge in [-0.2, -0.15) is 0 Å². The highest BCUT2D eigenvalue weighted by atomic mass is 35.5. The first-order chi connectivity index (χ1) is 21.4. The van der Waals surface area contributed by atoms with Crippen molar-refractivity contribution in [3.05, 3.63) is 78.5 Å².